The largest absolute Gasteiger partial charge is 0.492 e. The van der Waals surface area contributed by atoms with E-state index >= 15 is 0 Å². The van der Waals surface area contributed by atoms with Crippen LogP contribution < -0.4 is 4.74 Å². The van der Waals surface area contributed by atoms with E-state index in [1.807, 2.05) is 10.8 Å². The lowest BCUT2D eigenvalue weighted by molar-refractivity contribution is -0.131. The first-order chi connectivity index (χ1) is 9.74. The first-order valence-electron chi connectivity index (χ1n) is 6.19. The van der Waals surface area contributed by atoms with Crippen molar-refractivity contribution in [3.8, 4) is 5.75 Å². The van der Waals surface area contributed by atoms with Crippen LogP contribution in [0.15, 0.2) is 43.1 Å². The van der Waals surface area contributed by atoms with Gasteiger partial charge in [0, 0.05) is 25.0 Å². The number of aromatic nitrogens is 3. The molecular formula is C14H15N3O3. The summed E-state index contributed by atoms with van der Waals surface area (Å²) in [6.45, 7) is 1.44. The van der Waals surface area contributed by atoms with E-state index in [0.29, 0.717) is 18.1 Å². The van der Waals surface area contributed by atoms with E-state index < -0.39 is 5.97 Å². The van der Waals surface area contributed by atoms with E-state index in [-0.39, 0.29) is 0 Å². The maximum absolute atomic E-state index is 10.4. The van der Waals surface area contributed by atoms with Crippen molar-refractivity contribution in [3.05, 3.63) is 48.8 Å². The zero-order chi connectivity index (χ0) is 14.2. The molecule has 0 amide bonds. The Kier molecular flexibility index (Phi) is 4.88. The van der Waals surface area contributed by atoms with Gasteiger partial charge in [-0.15, -0.1) is 0 Å². The van der Waals surface area contributed by atoms with Gasteiger partial charge in [0.05, 0.1) is 24.8 Å². The predicted octanol–water partition coefficient (Wildman–Crippen LogP) is 1.84. The Morgan fingerprint density at radius 3 is 3.00 bits per heavy atom. The number of nitrogens with zero attached hydrogens (tertiary/aromatic N) is 3. The predicted molar refractivity (Wildman–Crippen MR) is 73.2 cm³/mol. The number of rotatable bonds is 7. The number of carboxylic acids is 1. The van der Waals surface area contributed by atoms with Crippen molar-refractivity contribution in [2.24, 2.45) is 0 Å². The lowest BCUT2D eigenvalue weighted by Gasteiger charge is -2.06. The summed E-state index contributed by atoms with van der Waals surface area (Å²) >= 11 is 0. The Labute approximate surface area is 116 Å². The van der Waals surface area contributed by atoms with Crippen LogP contribution in [0.2, 0.25) is 0 Å². The maximum Gasteiger partial charge on any atom is 0.328 e. The van der Waals surface area contributed by atoms with E-state index in [9.17, 15) is 4.79 Å². The molecule has 0 bridgehead atoms. The highest BCUT2D eigenvalue weighted by atomic mass is 16.5. The van der Waals surface area contributed by atoms with E-state index in [0.717, 1.165) is 19.0 Å². The van der Waals surface area contributed by atoms with Gasteiger partial charge >= 0.3 is 5.97 Å². The van der Waals surface area contributed by atoms with Crippen molar-refractivity contribution in [2.75, 3.05) is 6.61 Å². The fourth-order valence-electron chi connectivity index (χ4n) is 1.59. The molecule has 6 nitrogen and oxygen atoms in total. The highest BCUT2D eigenvalue weighted by molar-refractivity contribution is 5.84. The average molecular weight is 273 g/mol. The molecule has 20 heavy (non-hydrogen) atoms. The van der Waals surface area contributed by atoms with Crippen LogP contribution in [-0.4, -0.2) is 32.2 Å². The molecule has 2 aromatic rings. The van der Waals surface area contributed by atoms with Gasteiger partial charge in [0.15, 0.2) is 0 Å². The van der Waals surface area contributed by atoms with Gasteiger partial charge < -0.3 is 14.4 Å². The summed E-state index contributed by atoms with van der Waals surface area (Å²) in [5.74, 6) is -0.324. The number of hydrogen-bond acceptors (Lipinski definition) is 4. The van der Waals surface area contributed by atoms with Crippen molar-refractivity contribution >= 4 is 12.0 Å². The summed E-state index contributed by atoms with van der Waals surface area (Å²) in [7, 11) is 0. The number of carbonyl (C=O) groups is 1. The quantitative estimate of drug-likeness (QED) is 0.615. The number of pyridine rings is 1. The van der Waals surface area contributed by atoms with Crippen LogP contribution in [0.3, 0.4) is 0 Å². The summed E-state index contributed by atoms with van der Waals surface area (Å²) in [6, 6.07) is 3.48. The third kappa shape index (κ3) is 4.56. The molecule has 0 radical (unpaired) electrons. The summed E-state index contributed by atoms with van der Waals surface area (Å²) in [5, 5.41) is 8.51. The average Bonchev–Trinajstić information content (AvgIpc) is 2.96. The number of aryl methyl sites for hydroxylation is 1. The first kappa shape index (κ1) is 13.8. The van der Waals surface area contributed by atoms with Crippen LogP contribution >= 0.6 is 0 Å². The van der Waals surface area contributed by atoms with E-state index in [1.165, 1.54) is 6.08 Å². The summed E-state index contributed by atoms with van der Waals surface area (Å²) < 4.78 is 7.54. The van der Waals surface area contributed by atoms with Gasteiger partial charge in [-0.05, 0) is 24.6 Å². The van der Waals surface area contributed by atoms with Gasteiger partial charge in [-0.3, -0.25) is 4.98 Å². The minimum atomic E-state index is -0.994. The van der Waals surface area contributed by atoms with Crippen molar-refractivity contribution in [3.63, 3.8) is 0 Å². The molecule has 2 rings (SSSR count). The van der Waals surface area contributed by atoms with Gasteiger partial charge in [0.2, 0.25) is 0 Å². The lowest BCUT2D eigenvalue weighted by Crippen LogP contribution is -2.03. The number of carboxylic acid groups (broad SMARTS) is 1. The Morgan fingerprint density at radius 1 is 1.45 bits per heavy atom. The SMILES string of the molecule is O=C(O)C=Cc1ccc(OCCCn2ccnc2)cn1. The molecular weight excluding hydrogens is 258 g/mol. The smallest absolute Gasteiger partial charge is 0.328 e. The Morgan fingerprint density at radius 2 is 2.35 bits per heavy atom. The fraction of sp³-hybridized carbons (Fsp3) is 0.214. The second-order valence-corrected chi connectivity index (χ2v) is 4.09. The Hall–Kier alpha value is -2.63. The molecule has 0 unspecified atom stereocenters. The molecule has 0 aromatic carbocycles. The van der Waals surface area contributed by atoms with Crippen molar-refractivity contribution in [2.45, 2.75) is 13.0 Å². The topological polar surface area (TPSA) is 77.2 Å². The van der Waals surface area contributed by atoms with Crippen LogP contribution in [0.5, 0.6) is 5.75 Å². The molecule has 0 saturated carbocycles. The summed E-state index contributed by atoms with van der Waals surface area (Å²) in [6.07, 6.45) is 10.4. The molecule has 6 heteroatoms. The van der Waals surface area contributed by atoms with Gasteiger partial charge in [-0.2, -0.15) is 0 Å². The fourth-order valence-corrected chi connectivity index (χ4v) is 1.59. The molecule has 2 heterocycles. The number of ether oxygens (including phenoxy) is 1. The van der Waals surface area contributed by atoms with Crippen molar-refractivity contribution in [1.29, 1.82) is 0 Å². The van der Waals surface area contributed by atoms with E-state index in [4.69, 9.17) is 9.84 Å². The van der Waals surface area contributed by atoms with Crippen LogP contribution in [-0.2, 0) is 11.3 Å². The van der Waals surface area contributed by atoms with Crippen LogP contribution in [0, 0.1) is 0 Å². The van der Waals surface area contributed by atoms with Crippen LogP contribution in [0.4, 0.5) is 0 Å². The molecule has 0 atom stereocenters. The van der Waals surface area contributed by atoms with Gasteiger partial charge in [0.25, 0.3) is 0 Å². The monoisotopic (exact) mass is 273 g/mol. The van der Waals surface area contributed by atoms with Crippen molar-refractivity contribution in [1.82, 2.24) is 14.5 Å². The van der Waals surface area contributed by atoms with E-state index in [1.54, 1.807) is 30.9 Å². The number of hydrogen-bond donors (Lipinski definition) is 1. The van der Waals surface area contributed by atoms with Crippen LogP contribution in [0.25, 0.3) is 6.08 Å². The first-order valence-corrected chi connectivity index (χ1v) is 6.19. The molecule has 0 aliphatic heterocycles. The third-order valence-corrected chi connectivity index (χ3v) is 2.54. The number of aliphatic carboxylic acids is 1. The third-order valence-electron chi connectivity index (χ3n) is 2.54. The maximum atomic E-state index is 10.4. The lowest BCUT2D eigenvalue weighted by atomic mass is 10.3. The molecule has 0 spiro atoms. The van der Waals surface area contributed by atoms with Gasteiger partial charge in [0.1, 0.15) is 5.75 Å². The van der Waals surface area contributed by atoms with Gasteiger partial charge in [-0.25, -0.2) is 9.78 Å². The zero-order valence-electron chi connectivity index (χ0n) is 10.8. The molecule has 2 aromatic heterocycles. The zero-order valence-corrected chi connectivity index (χ0v) is 10.8. The van der Waals surface area contributed by atoms with Gasteiger partial charge in [-0.1, -0.05) is 0 Å². The highest BCUT2D eigenvalue weighted by Crippen LogP contribution is 2.10. The second-order valence-electron chi connectivity index (χ2n) is 4.09. The molecule has 0 aliphatic rings. The summed E-state index contributed by atoms with van der Waals surface area (Å²) in [4.78, 5) is 18.4. The highest BCUT2D eigenvalue weighted by Gasteiger charge is 1.96. The normalized spacial score (nSPS) is 10.8. The minimum absolute atomic E-state index is 0.582. The standard InChI is InChI=1S/C14H15N3O3/c18-14(19)5-3-12-2-4-13(10-16-12)20-9-1-7-17-8-6-15-11-17/h2-6,8,10-11H,1,7,9H2,(H,18,19). The molecule has 0 saturated heterocycles. The molecule has 0 fully saturated rings. The second kappa shape index (κ2) is 7.08. The summed E-state index contributed by atoms with van der Waals surface area (Å²) in [5.41, 5.74) is 0.582. The number of imidazole rings is 1. The van der Waals surface area contributed by atoms with E-state index in [2.05, 4.69) is 9.97 Å². The molecule has 0 aliphatic carbocycles. The molecule has 1 N–H and O–H groups in total. The Bertz CT molecular complexity index is 562. The van der Waals surface area contributed by atoms with Crippen LogP contribution in [0.1, 0.15) is 12.1 Å². The minimum Gasteiger partial charge on any atom is -0.492 e. The molecule has 104 valence electrons. The van der Waals surface area contributed by atoms with Crippen molar-refractivity contribution < 1.29 is 14.6 Å². The Balaban J connectivity index is 1.74.